The van der Waals surface area contributed by atoms with Crippen molar-refractivity contribution in [1.82, 2.24) is 15.8 Å². The van der Waals surface area contributed by atoms with Crippen LogP contribution in [0.2, 0.25) is 0 Å². The van der Waals surface area contributed by atoms with Gasteiger partial charge in [-0.1, -0.05) is 12.5 Å². The van der Waals surface area contributed by atoms with E-state index in [0.29, 0.717) is 59.1 Å². The topological polar surface area (TPSA) is 135 Å². The Morgan fingerprint density at radius 1 is 1.09 bits per heavy atom. The molecule has 10 nitrogen and oxygen atoms in total. The molecule has 3 aromatic rings. The van der Waals surface area contributed by atoms with E-state index in [1.807, 2.05) is 0 Å². The highest BCUT2D eigenvalue weighted by Gasteiger charge is 2.18. The van der Waals surface area contributed by atoms with E-state index in [1.165, 1.54) is 7.11 Å². The molecule has 2 aromatic carbocycles. The van der Waals surface area contributed by atoms with E-state index in [4.69, 9.17) is 19.1 Å². The van der Waals surface area contributed by atoms with Crippen molar-refractivity contribution in [3.63, 3.8) is 0 Å². The molecule has 32 heavy (non-hydrogen) atoms. The van der Waals surface area contributed by atoms with Crippen LogP contribution in [0.3, 0.4) is 0 Å². The number of urea groups is 1. The number of ether oxygens (including phenoxy) is 2. The monoisotopic (exact) mass is 442 g/mol. The van der Waals surface area contributed by atoms with Crippen molar-refractivity contribution in [2.75, 3.05) is 26.1 Å². The summed E-state index contributed by atoms with van der Waals surface area (Å²) in [6.45, 7) is 0.446. The molecular formula is C22H26N4O6. The summed E-state index contributed by atoms with van der Waals surface area (Å²) < 4.78 is 16.6. The highest BCUT2D eigenvalue weighted by atomic mass is 16.5. The summed E-state index contributed by atoms with van der Waals surface area (Å²) in [4.78, 5) is 27.8. The van der Waals surface area contributed by atoms with Crippen molar-refractivity contribution in [2.45, 2.75) is 25.7 Å². The SMILES string of the molecule is COc1ccc2oc(-c3cccc(NC(=O)NCCCCCC(=O)NO)c3OC)nc2c1. The number of hydrogen-bond acceptors (Lipinski definition) is 7. The number of oxazole rings is 1. The van der Waals surface area contributed by atoms with Crippen LogP contribution in [-0.4, -0.2) is 42.9 Å². The van der Waals surface area contributed by atoms with Crippen molar-refractivity contribution < 1.29 is 28.7 Å². The first-order valence-corrected chi connectivity index (χ1v) is 10.2. The van der Waals surface area contributed by atoms with Crippen LogP contribution in [0, 0.1) is 0 Å². The highest BCUT2D eigenvalue weighted by molar-refractivity contribution is 5.93. The second-order valence-electron chi connectivity index (χ2n) is 6.97. The van der Waals surface area contributed by atoms with Gasteiger partial charge in [0.15, 0.2) is 11.3 Å². The van der Waals surface area contributed by atoms with Crippen LogP contribution in [0.5, 0.6) is 11.5 Å². The van der Waals surface area contributed by atoms with E-state index in [2.05, 4.69) is 15.6 Å². The smallest absolute Gasteiger partial charge is 0.319 e. The second kappa shape index (κ2) is 11.0. The molecule has 0 aliphatic carbocycles. The summed E-state index contributed by atoms with van der Waals surface area (Å²) in [6.07, 6.45) is 2.32. The maximum absolute atomic E-state index is 12.3. The minimum absolute atomic E-state index is 0.245. The molecule has 4 N–H and O–H groups in total. The predicted molar refractivity (Wildman–Crippen MR) is 118 cm³/mol. The number of nitrogens with zero attached hydrogens (tertiary/aromatic N) is 1. The van der Waals surface area contributed by atoms with Gasteiger partial charge in [-0.3, -0.25) is 10.0 Å². The van der Waals surface area contributed by atoms with Gasteiger partial charge in [0.05, 0.1) is 25.5 Å². The van der Waals surface area contributed by atoms with Gasteiger partial charge in [-0.05, 0) is 37.1 Å². The number of nitrogens with one attached hydrogen (secondary N) is 3. The summed E-state index contributed by atoms with van der Waals surface area (Å²) >= 11 is 0. The Bertz CT molecular complexity index is 1080. The minimum atomic E-state index is -0.416. The summed E-state index contributed by atoms with van der Waals surface area (Å²) in [5.74, 6) is 1.05. The molecule has 0 atom stereocenters. The predicted octanol–water partition coefficient (Wildman–Crippen LogP) is 3.70. The Hall–Kier alpha value is -3.79. The maximum atomic E-state index is 12.3. The van der Waals surface area contributed by atoms with Gasteiger partial charge >= 0.3 is 6.03 Å². The van der Waals surface area contributed by atoms with Gasteiger partial charge in [-0.15, -0.1) is 0 Å². The summed E-state index contributed by atoms with van der Waals surface area (Å²) in [7, 11) is 3.09. The third-order valence-electron chi connectivity index (χ3n) is 4.78. The van der Waals surface area contributed by atoms with Gasteiger partial charge in [-0.2, -0.15) is 0 Å². The van der Waals surface area contributed by atoms with E-state index in [9.17, 15) is 9.59 Å². The molecule has 0 spiro atoms. The molecule has 10 heteroatoms. The molecule has 0 bridgehead atoms. The van der Waals surface area contributed by atoms with Crippen molar-refractivity contribution >= 4 is 28.7 Å². The van der Waals surface area contributed by atoms with Gasteiger partial charge in [0, 0.05) is 19.0 Å². The Balaban J connectivity index is 1.64. The Morgan fingerprint density at radius 2 is 1.94 bits per heavy atom. The van der Waals surface area contributed by atoms with Crippen LogP contribution in [-0.2, 0) is 4.79 Å². The lowest BCUT2D eigenvalue weighted by Crippen LogP contribution is -2.29. The number of fused-ring (bicyclic) bond motifs is 1. The molecular weight excluding hydrogens is 416 g/mol. The molecule has 0 unspecified atom stereocenters. The molecule has 3 rings (SSSR count). The molecule has 0 radical (unpaired) electrons. The van der Waals surface area contributed by atoms with Gasteiger partial charge in [0.2, 0.25) is 11.8 Å². The van der Waals surface area contributed by atoms with Gasteiger partial charge in [0.25, 0.3) is 0 Å². The zero-order chi connectivity index (χ0) is 22.9. The molecule has 0 aliphatic heterocycles. The third-order valence-corrected chi connectivity index (χ3v) is 4.78. The molecule has 1 aromatic heterocycles. The lowest BCUT2D eigenvalue weighted by molar-refractivity contribution is -0.129. The number of hydroxylamine groups is 1. The summed E-state index contributed by atoms with van der Waals surface area (Å²) in [5, 5.41) is 14.0. The van der Waals surface area contributed by atoms with E-state index < -0.39 is 5.91 Å². The largest absolute Gasteiger partial charge is 0.497 e. The number of rotatable bonds is 10. The van der Waals surface area contributed by atoms with Crippen molar-refractivity contribution in [2.24, 2.45) is 0 Å². The van der Waals surface area contributed by atoms with E-state index in [1.54, 1.807) is 49.0 Å². The molecule has 0 saturated carbocycles. The van der Waals surface area contributed by atoms with Gasteiger partial charge < -0.3 is 24.5 Å². The number of carbonyl (C=O) groups is 2. The Kier molecular flexibility index (Phi) is 7.87. The standard InChI is InChI=1S/C22H26N4O6/c1-30-14-10-11-18-17(13-14)24-21(32-18)15-7-6-8-16(20(15)31-2)25-22(28)23-12-5-3-4-9-19(27)26-29/h6-8,10-11,13,29H,3-5,9,12H2,1-2H3,(H,26,27)(H2,23,25,28). The average molecular weight is 442 g/mol. The van der Waals surface area contributed by atoms with Crippen molar-refractivity contribution in [3.8, 4) is 23.0 Å². The molecule has 0 saturated heterocycles. The molecule has 0 fully saturated rings. The Labute approximate surface area is 184 Å². The summed E-state index contributed by atoms with van der Waals surface area (Å²) in [5.41, 5.74) is 3.92. The number of anilines is 1. The molecule has 3 amide bonds. The van der Waals surface area contributed by atoms with Crippen molar-refractivity contribution in [3.05, 3.63) is 36.4 Å². The lowest BCUT2D eigenvalue weighted by Gasteiger charge is -2.13. The number of hydrogen-bond donors (Lipinski definition) is 4. The van der Waals surface area contributed by atoms with Crippen LogP contribution >= 0.6 is 0 Å². The number of para-hydroxylation sites is 1. The first kappa shape index (κ1) is 22.9. The second-order valence-corrected chi connectivity index (χ2v) is 6.97. The van der Waals surface area contributed by atoms with Gasteiger partial charge in [0.1, 0.15) is 11.3 Å². The van der Waals surface area contributed by atoms with Gasteiger partial charge in [-0.25, -0.2) is 15.3 Å². The zero-order valence-electron chi connectivity index (χ0n) is 17.9. The third kappa shape index (κ3) is 5.67. The number of unbranched alkanes of at least 4 members (excludes halogenated alkanes) is 2. The fourth-order valence-electron chi connectivity index (χ4n) is 3.18. The number of methoxy groups -OCH3 is 2. The first-order valence-electron chi connectivity index (χ1n) is 10.2. The number of aromatic nitrogens is 1. The van der Waals surface area contributed by atoms with Crippen molar-refractivity contribution in [1.29, 1.82) is 0 Å². The van der Waals surface area contributed by atoms with Crippen LogP contribution in [0.1, 0.15) is 25.7 Å². The quantitative estimate of drug-likeness (QED) is 0.214. The summed E-state index contributed by atoms with van der Waals surface area (Å²) in [6, 6.07) is 10.3. The average Bonchev–Trinajstić information content (AvgIpc) is 3.24. The number of amides is 3. The van der Waals surface area contributed by atoms with E-state index in [0.717, 1.165) is 6.42 Å². The van der Waals surface area contributed by atoms with Crippen LogP contribution in [0.4, 0.5) is 10.5 Å². The fraction of sp³-hybridized carbons (Fsp3) is 0.318. The molecule has 1 heterocycles. The highest BCUT2D eigenvalue weighted by Crippen LogP contribution is 2.37. The first-order chi connectivity index (χ1) is 15.5. The fourth-order valence-corrected chi connectivity index (χ4v) is 3.18. The van der Waals surface area contributed by atoms with Crippen LogP contribution in [0.25, 0.3) is 22.6 Å². The molecule has 0 aliphatic rings. The van der Waals surface area contributed by atoms with E-state index >= 15 is 0 Å². The normalized spacial score (nSPS) is 10.6. The maximum Gasteiger partial charge on any atom is 0.319 e. The lowest BCUT2D eigenvalue weighted by atomic mass is 10.1. The zero-order valence-corrected chi connectivity index (χ0v) is 17.9. The van der Waals surface area contributed by atoms with E-state index in [-0.39, 0.29) is 12.5 Å². The van der Waals surface area contributed by atoms with Crippen LogP contribution < -0.4 is 25.6 Å². The van der Waals surface area contributed by atoms with Crippen LogP contribution in [0.15, 0.2) is 40.8 Å². The molecule has 170 valence electrons. The number of carbonyl (C=O) groups excluding carboxylic acids is 2. The number of benzene rings is 2. The minimum Gasteiger partial charge on any atom is -0.497 e. The Morgan fingerprint density at radius 3 is 2.69 bits per heavy atom.